The van der Waals surface area contributed by atoms with E-state index in [4.69, 9.17) is 5.11 Å². The van der Waals surface area contributed by atoms with E-state index in [1.165, 1.54) is 0 Å². The Hall–Kier alpha value is -2.36. The maximum absolute atomic E-state index is 12.4. The van der Waals surface area contributed by atoms with E-state index in [0.717, 1.165) is 12.1 Å². The molecule has 1 aromatic rings. The fourth-order valence-corrected chi connectivity index (χ4v) is 1.61. The zero-order chi connectivity index (χ0) is 16.2. The molecule has 0 saturated carbocycles. The summed E-state index contributed by atoms with van der Waals surface area (Å²) in [5, 5.41) is 28.8. The molecule has 7 nitrogen and oxygen atoms in total. The van der Waals surface area contributed by atoms with E-state index in [9.17, 15) is 33.2 Å². The molecule has 0 aliphatic carbocycles. The molecule has 0 bridgehead atoms. The SMILES string of the molecule is O=C(c1cc(O)ccc1[N+](=O)[O-])N(CCO)CC(F)(F)F. The molecule has 1 amide bonds. The Balaban J connectivity index is 3.19. The summed E-state index contributed by atoms with van der Waals surface area (Å²) in [4.78, 5) is 22.1. The summed E-state index contributed by atoms with van der Waals surface area (Å²) in [6.45, 7) is -3.06. The number of aliphatic hydroxyl groups excluding tert-OH is 1. The minimum Gasteiger partial charge on any atom is -0.508 e. The molecular weight excluding hydrogens is 297 g/mol. The molecule has 0 atom stereocenters. The molecule has 0 aliphatic heterocycles. The van der Waals surface area contributed by atoms with E-state index in [0.29, 0.717) is 6.07 Å². The first-order valence-electron chi connectivity index (χ1n) is 5.60. The molecule has 0 aromatic heterocycles. The van der Waals surface area contributed by atoms with Crippen LogP contribution in [0.15, 0.2) is 18.2 Å². The number of nitro groups is 1. The number of aromatic hydroxyl groups is 1. The first-order valence-corrected chi connectivity index (χ1v) is 5.60. The molecule has 0 saturated heterocycles. The van der Waals surface area contributed by atoms with Crippen LogP contribution >= 0.6 is 0 Å². The number of phenols is 1. The van der Waals surface area contributed by atoms with Gasteiger partial charge in [-0.3, -0.25) is 14.9 Å². The van der Waals surface area contributed by atoms with Crippen LogP contribution in [0.4, 0.5) is 18.9 Å². The highest BCUT2D eigenvalue weighted by Gasteiger charge is 2.35. The quantitative estimate of drug-likeness (QED) is 0.630. The minimum atomic E-state index is -4.73. The lowest BCUT2D eigenvalue weighted by Gasteiger charge is -2.23. The third-order valence-corrected chi connectivity index (χ3v) is 2.43. The molecule has 0 unspecified atom stereocenters. The largest absolute Gasteiger partial charge is 0.508 e. The highest BCUT2D eigenvalue weighted by Crippen LogP contribution is 2.26. The van der Waals surface area contributed by atoms with Gasteiger partial charge in [0.1, 0.15) is 17.9 Å². The van der Waals surface area contributed by atoms with Crippen LogP contribution in [0, 0.1) is 10.1 Å². The van der Waals surface area contributed by atoms with Gasteiger partial charge in [-0.25, -0.2) is 0 Å². The summed E-state index contributed by atoms with van der Waals surface area (Å²) in [6, 6.07) is 2.46. The Kier molecular flexibility index (Phi) is 5.08. The van der Waals surface area contributed by atoms with Gasteiger partial charge in [0.2, 0.25) is 0 Å². The van der Waals surface area contributed by atoms with Crippen molar-refractivity contribution in [1.29, 1.82) is 0 Å². The average Bonchev–Trinajstić information content (AvgIpc) is 2.35. The highest BCUT2D eigenvalue weighted by molar-refractivity contribution is 5.98. The number of rotatable bonds is 5. The number of phenolic OH excluding ortho intramolecular Hbond substituents is 1. The van der Waals surface area contributed by atoms with Gasteiger partial charge in [-0.15, -0.1) is 0 Å². The normalized spacial score (nSPS) is 11.2. The summed E-state index contributed by atoms with van der Waals surface area (Å²) in [6.07, 6.45) is -4.73. The van der Waals surface area contributed by atoms with Crippen molar-refractivity contribution in [2.75, 3.05) is 19.7 Å². The van der Waals surface area contributed by atoms with Crippen molar-refractivity contribution >= 4 is 11.6 Å². The summed E-state index contributed by atoms with van der Waals surface area (Å²) in [5.41, 5.74) is -1.42. The predicted octanol–water partition coefficient (Wildman–Crippen LogP) is 1.30. The minimum absolute atomic E-state index is 0.224. The zero-order valence-corrected chi connectivity index (χ0v) is 10.5. The first kappa shape index (κ1) is 16.7. The van der Waals surface area contributed by atoms with Gasteiger partial charge < -0.3 is 15.1 Å². The zero-order valence-electron chi connectivity index (χ0n) is 10.5. The predicted molar refractivity (Wildman–Crippen MR) is 63.8 cm³/mol. The number of hydrogen-bond donors (Lipinski definition) is 2. The second kappa shape index (κ2) is 6.39. The number of nitro benzene ring substituents is 1. The van der Waals surface area contributed by atoms with Crippen LogP contribution in [0.25, 0.3) is 0 Å². The van der Waals surface area contributed by atoms with E-state index in [1.807, 2.05) is 0 Å². The molecule has 1 aromatic carbocycles. The van der Waals surface area contributed by atoms with Gasteiger partial charge in [0, 0.05) is 12.6 Å². The number of aliphatic hydroxyl groups is 1. The first-order chi connectivity index (χ1) is 9.65. The van der Waals surface area contributed by atoms with E-state index in [1.54, 1.807) is 0 Å². The highest BCUT2D eigenvalue weighted by atomic mass is 19.4. The molecule has 0 fully saturated rings. The number of benzene rings is 1. The Morgan fingerprint density at radius 2 is 2.00 bits per heavy atom. The second-order valence-electron chi connectivity index (χ2n) is 4.02. The van der Waals surface area contributed by atoms with Gasteiger partial charge in [-0.1, -0.05) is 0 Å². The van der Waals surface area contributed by atoms with Crippen LogP contribution in [-0.4, -0.2) is 51.8 Å². The summed E-state index contributed by atoms with van der Waals surface area (Å²) in [7, 11) is 0. The van der Waals surface area contributed by atoms with Crippen LogP contribution in [0.3, 0.4) is 0 Å². The van der Waals surface area contributed by atoms with Crippen molar-refractivity contribution in [1.82, 2.24) is 4.90 Å². The number of alkyl halides is 3. The molecule has 2 N–H and O–H groups in total. The lowest BCUT2D eigenvalue weighted by molar-refractivity contribution is -0.385. The third kappa shape index (κ3) is 4.60. The standard InChI is InChI=1S/C11H11F3N2O5/c12-11(13,14)6-15(3-4-17)10(19)8-5-7(18)1-2-9(8)16(20)21/h1-2,5,17-18H,3-4,6H2. The van der Waals surface area contributed by atoms with Crippen molar-refractivity contribution < 1.29 is 33.1 Å². The van der Waals surface area contributed by atoms with Crippen molar-refractivity contribution in [3.63, 3.8) is 0 Å². The Labute approximate surface area is 116 Å². The van der Waals surface area contributed by atoms with Crippen LogP contribution in [0.5, 0.6) is 5.75 Å². The van der Waals surface area contributed by atoms with Crippen molar-refractivity contribution in [3.05, 3.63) is 33.9 Å². The molecule has 0 radical (unpaired) electrons. The number of amides is 1. The van der Waals surface area contributed by atoms with Gasteiger partial charge in [-0.05, 0) is 12.1 Å². The van der Waals surface area contributed by atoms with Gasteiger partial charge in [-0.2, -0.15) is 13.2 Å². The second-order valence-corrected chi connectivity index (χ2v) is 4.02. The summed E-state index contributed by atoms with van der Waals surface area (Å²) < 4.78 is 37.2. The summed E-state index contributed by atoms with van der Waals surface area (Å²) >= 11 is 0. The smallest absolute Gasteiger partial charge is 0.406 e. The lowest BCUT2D eigenvalue weighted by Crippen LogP contribution is -2.40. The third-order valence-electron chi connectivity index (χ3n) is 2.43. The molecule has 116 valence electrons. The van der Waals surface area contributed by atoms with Gasteiger partial charge in [0.05, 0.1) is 11.5 Å². The maximum atomic E-state index is 12.4. The Bertz CT molecular complexity index is 547. The number of carbonyl (C=O) groups is 1. The fraction of sp³-hybridized carbons (Fsp3) is 0.364. The fourth-order valence-electron chi connectivity index (χ4n) is 1.61. The van der Waals surface area contributed by atoms with Crippen molar-refractivity contribution in [3.8, 4) is 5.75 Å². The Morgan fingerprint density at radius 3 is 2.48 bits per heavy atom. The van der Waals surface area contributed by atoms with Crippen LogP contribution < -0.4 is 0 Å². The molecule has 1 rings (SSSR count). The molecule has 0 aliphatic rings. The average molecular weight is 308 g/mol. The van der Waals surface area contributed by atoms with Crippen LogP contribution in [-0.2, 0) is 0 Å². The van der Waals surface area contributed by atoms with E-state index in [2.05, 4.69) is 0 Å². The molecule has 0 heterocycles. The van der Waals surface area contributed by atoms with E-state index in [-0.39, 0.29) is 4.90 Å². The van der Waals surface area contributed by atoms with Crippen LogP contribution in [0.2, 0.25) is 0 Å². The molecular formula is C11H11F3N2O5. The Morgan fingerprint density at radius 1 is 1.38 bits per heavy atom. The molecule has 10 heteroatoms. The van der Waals surface area contributed by atoms with Gasteiger partial charge >= 0.3 is 6.18 Å². The van der Waals surface area contributed by atoms with Crippen molar-refractivity contribution in [2.24, 2.45) is 0 Å². The molecule has 21 heavy (non-hydrogen) atoms. The van der Waals surface area contributed by atoms with Crippen molar-refractivity contribution in [2.45, 2.75) is 6.18 Å². The van der Waals surface area contributed by atoms with E-state index >= 15 is 0 Å². The lowest BCUT2D eigenvalue weighted by atomic mass is 10.1. The number of halogens is 3. The van der Waals surface area contributed by atoms with Gasteiger partial charge in [0.15, 0.2) is 0 Å². The number of nitrogens with zero attached hydrogens (tertiary/aromatic N) is 2. The summed E-state index contributed by atoms with van der Waals surface area (Å²) in [5.74, 6) is -1.80. The molecule has 0 spiro atoms. The number of carbonyl (C=O) groups excluding carboxylic acids is 1. The topological polar surface area (TPSA) is 104 Å². The van der Waals surface area contributed by atoms with Gasteiger partial charge in [0.25, 0.3) is 11.6 Å². The maximum Gasteiger partial charge on any atom is 0.406 e. The number of hydrogen-bond acceptors (Lipinski definition) is 5. The van der Waals surface area contributed by atoms with Crippen LogP contribution in [0.1, 0.15) is 10.4 Å². The monoisotopic (exact) mass is 308 g/mol. The van der Waals surface area contributed by atoms with E-state index < -0.39 is 53.7 Å².